The zero-order valence-corrected chi connectivity index (χ0v) is 14.0. The highest BCUT2D eigenvalue weighted by Crippen LogP contribution is 2.22. The Morgan fingerprint density at radius 1 is 1.24 bits per heavy atom. The largest absolute Gasteiger partial charge is 0.493 e. The van der Waals surface area contributed by atoms with Crippen molar-refractivity contribution < 1.29 is 13.9 Å². The summed E-state index contributed by atoms with van der Waals surface area (Å²) in [7, 11) is 0. The maximum absolute atomic E-state index is 13.2. The Morgan fingerprint density at radius 3 is 2.72 bits per heavy atom. The fourth-order valence-corrected chi connectivity index (χ4v) is 2.97. The minimum absolute atomic E-state index is 0.169. The minimum Gasteiger partial charge on any atom is -0.493 e. The highest BCUT2D eigenvalue weighted by atomic mass is 19.1. The van der Waals surface area contributed by atoms with Crippen LogP contribution in [0.2, 0.25) is 0 Å². The molecule has 3 rings (SSSR count). The van der Waals surface area contributed by atoms with E-state index in [1.807, 2.05) is 12.1 Å². The van der Waals surface area contributed by atoms with Crippen LogP contribution >= 0.6 is 0 Å². The Bertz CT molecular complexity index is 688. The van der Waals surface area contributed by atoms with Crippen molar-refractivity contribution in [3.8, 4) is 5.75 Å². The summed E-state index contributed by atoms with van der Waals surface area (Å²) in [4.78, 5) is 18.0. The fraction of sp³-hybridized carbons (Fsp3) is 0.368. The molecule has 2 aromatic rings. The molecule has 1 N–H and O–H groups in total. The van der Waals surface area contributed by atoms with Gasteiger partial charge < -0.3 is 15.0 Å². The number of rotatable bonds is 5. The number of benzene rings is 1. The molecule has 0 radical (unpaired) electrons. The van der Waals surface area contributed by atoms with E-state index < -0.39 is 0 Å². The number of likely N-dealkylation sites (tertiary alicyclic amines) is 1. The maximum atomic E-state index is 13.2. The van der Waals surface area contributed by atoms with Crippen LogP contribution in [0.3, 0.4) is 0 Å². The molecule has 5 nitrogen and oxygen atoms in total. The lowest BCUT2D eigenvalue weighted by Crippen LogP contribution is -2.41. The van der Waals surface area contributed by atoms with Gasteiger partial charge in [0.15, 0.2) is 0 Å². The molecule has 0 saturated carbocycles. The number of carbonyl (C=O) groups excluding carboxylic acids is 1. The molecule has 0 unspecified atom stereocenters. The number of amides is 2. The third-order valence-corrected chi connectivity index (χ3v) is 4.42. The highest BCUT2D eigenvalue weighted by molar-refractivity contribution is 5.89. The Hall–Kier alpha value is -2.63. The molecule has 2 amide bonds. The molecule has 132 valence electrons. The van der Waals surface area contributed by atoms with Gasteiger partial charge in [-0.25, -0.2) is 9.18 Å². The Kier molecular flexibility index (Phi) is 5.82. The first-order valence-corrected chi connectivity index (χ1v) is 8.55. The molecule has 1 aromatic carbocycles. The average Bonchev–Trinajstić information content (AvgIpc) is 2.63. The number of ether oxygens (including phenoxy) is 1. The first-order valence-electron chi connectivity index (χ1n) is 8.55. The molecular formula is C19H22FN3O2. The number of aromatic nitrogens is 1. The van der Waals surface area contributed by atoms with Gasteiger partial charge in [0.25, 0.3) is 0 Å². The molecule has 2 heterocycles. The van der Waals surface area contributed by atoms with Crippen molar-refractivity contribution in [2.75, 3.05) is 25.0 Å². The van der Waals surface area contributed by atoms with Crippen molar-refractivity contribution in [3.63, 3.8) is 0 Å². The molecule has 1 fully saturated rings. The summed E-state index contributed by atoms with van der Waals surface area (Å²) in [5, 5.41) is 2.75. The Morgan fingerprint density at radius 2 is 2.00 bits per heavy atom. The highest BCUT2D eigenvalue weighted by Gasteiger charge is 2.22. The zero-order valence-electron chi connectivity index (χ0n) is 14.0. The van der Waals surface area contributed by atoms with E-state index in [2.05, 4.69) is 10.3 Å². The van der Waals surface area contributed by atoms with E-state index in [1.165, 1.54) is 12.1 Å². The zero-order chi connectivity index (χ0) is 17.5. The molecule has 0 spiro atoms. The van der Waals surface area contributed by atoms with Gasteiger partial charge in [0.05, 0.1) is 6.61 Å². The predicted octanol–water partition coefficient (Wildman–Crippen LogP) is 3.93. The molecule has 25 heavy (non-hydrogen) atoms. The second-order valence-electron chi connectivity index (χ2n) is 6.19. The molecular weight excluding hydrogens is 321 g/mol. The van der Waals surface area contributed by atoms with Gasteiger partial charge in [0.2, 0.25) is 0 Å². The summed E-state index contributed by atoms with van der Waals surface area (Å²) in [5.74, 6) is 1.03. The lowest BCUT2D eigenvalue weighted by atomic mass is 9.94. The summed E-state index contributed by atoms with van der Waals surface area (Å²) in [6.07, 6.45) is 6.31. The standard InChI is InChI=1S/C19H22FN3O2/c20-16-2-1-3-17(14-16)22-19(24)23-11-6-15(7-12-23)8-13-25-18-4-9-21-10-5-18/h1-5,9-10,14-15H,6-8,11-13H2,(H,22,24). The van der Waals surface area contributed by atoms with E-state index in [-0.39, 0.29) is 11.8 Å². The lowest BCUT2D eigenvalue weighted by molar-refractivity contribution is 0.170. The van der Waals surface area contributed by atoms with Crippen molar-refractivity contribution in [2.24, 2.45) is 5.92 Å². The van der Waals surface area contributed by atoms with Crippen molar-refractivity contribution in [2.45, 2.75) is 19.3 Å². The number of urea groups is 1. The number of nitrogens with zero attached hydrogens (tertiary/aromatic N) is 2. The number of anilines is 1. The van der Waals surface area contributed by atoms with E-state index in [4.69, 9.17) is 4.74 Å². The number of nitrogens with one attached hydrogen (secondary N) is 1. The van der Waals surface area contributed by atoms with Crippen LogP contribution in [0.15, 0.2) is 48.8 Å². The molecule has 1 aromatic heterocycles. The van der Waals surface area contributed by atoms with Gasteiger partial charge in [-0.05, 0) is 55.5 Å². The molecule has 0 atom stereocenters. The van der Waals surface area contributed by atoms with Crippen LogP contribution in [0.25, 0.3) is 0 Å². The summed E-state index contributed by atoms with van der Waals surface area (Å²) < 4.78 is 18.9. The van der Waals surface area contributed by atoms with Crippen molar-refractivity contribution in [1.82, 2.24) is 9.88 Å². The van der Waals surface area contributed by atoms with Crippen LogP contribution in [0, 0.1) is 11.7 Å². The smallest absolute Gasteiger partial charge is 0.321 e. The summed E-state index contributed by atoms with van der Waals surface area (Å²) in [5.41, 5.74) is 0.484. The molecule has 1 saturated heterocycles. The fourth-order valence-electron chi connectivity index (χ4n) is 2.97. The Balaban J connectivity index is 1.38. The van der Waals surface area contributed by atoms with Crippen molar-refractivity contribution in [1.29, 1.82) is 0 Å². The van der Waals surface area contributed by atoms with Gasteiger partial charge in [0.1, 0.15) is 11.6 Å². The van der Waals surface area contributed by atoms with Gasteiger partial charge in [-0.3, -0.25) is 4.98 Å². The third-order valence-electron chi connectivity index (χ3n) is 4.42. The van der Waals surface area contributed by atoms with E-state index in [1.54, 1.807) is 29.4 Å². The topological polar surface area (TPSA) is 54.5 Å². The second-order valence-corrected chi connectivity index (χ2v) is 6.19. The Labute approximate surface area is 146 Å². The molecule has 1 aliphatic heterocycles. The first kappa shape index (κ1) is 17.2. The molecule has 6 heteroatoms. The van der Waals surface area contributed by atoms with Crippen molar-refractivity contribution >= 4 is 11.7 Å². The van der Waals surface area contributed by atoms with Crippen LogP contribution in [0.1, 0.15) is 19.3 Å². The van der Waals surface area contributed by atoms with Gasteiger partial charge in [0, 0.05) is 31.2 Å². The monoisotopic (exact) mass is 343 g/mol. The predicted molar refractivity (Wildman–Crippen MR) is 94.1 cm³/mol. The number of carbonyl (C=O) groups is 1. The second kappa shape index (κ2) is 8.46. The number of pyridine rings is 1. The van der Waals surface area contributed by atoms with E-state index in [9.17, 15) is 9.18 Å². The summed E-state index contributed by atoms with van der Waals surface area (Å²) in [6.45, 7) is 2.09. The molecule has 0 aliphatic carbocycles. The number of hydrogen-bond donors (Lipinski definition) is 1. The van der Waals surface area contributed by atoms with Crippen LogP contribution in [-0.4, -0.2) is 35.6 Å². The van der Waals surface area contributed by atoms with Crippen LogP contribution in [0.4, 0.5) is 14.9 Å². The average molecular weight is 343 g/mol. The van der Waals surface area contributed by atoms with Crippen LogP contribution < -0.4 is 10.1 Å². The van der Waals surface area contributed by atoms with Gasteiger partial charge >= 0.3 is 6.03 Å². The minimum atomic E-state index is -0.356. The van der Waals surface area contributed by atoms with E-state index in [0.29, 0.717) is 31.3 Å². The third kappa shape index (κ3) is 5.17. The summed E-state index contributed by atoms with van der Waals surface area (Å²) >= 11 is 0. The number of hydrogen-bond acceptors (Lipinski definition) is 3. The molecule has 1 aliphatic rings. The first-order chi connectivity index (χ1) is 12.2. The number of halogens is 1. The number of piperidine rings is 1. The van der Waals surface area contributed by atoms with Crippen LogP contribution in [0.5, 0.6) is 5.75 Å². The lowest BCUT2D eigenvalue weighted by Gasteiger charge is -2.32. The maximum Gasteiger partial charge on any atom is 0.321 e. The molecule has 0 bridgehead atoms. The van der Waals surface area contributed by atoms with E-state index in [0.717, 1.165) is 25.0 Å². The normalized spacial score (nSPS) is 15.0. The van der Waals surface area contributed by atoms with Gasteiger partial charge in [-0.2, -0.15) is 0 Å². The van der Waals surface area contributed by atoms with Crippen LogP contribution in [-0.2, 0) is 0 Å². The summed E-state index contributed by atoms with van der Waals surface area (Å²) in [6, 6.07) is 9.47. The van der Waals surface area contributed by atoms with Gasteiger partial charge in [-0.15, -0.1) is 0 Å². The van der Waals surface area contributed by atoms with Crippen molar-refractivity contribution in [3.05, 3.63) is 54.6 Å². The van der Waals surface area contributed by atoms with E-state index >= 15 is 0 Å². The quantitative estimate of drug-likeness (QED) is 0.895. The SMILES string of the molecule is O=C(Nc1cccc(F)c1)N1CCC(CCOc2ccncc2)CC1. The van der Waals surface area contributed by atoms with Gasteiger partial charge in [-0.1, -0.05) is 6.07 Å².